The van der Waals surface area contributed by atoms with Crippen LogP contribution < -0.4 is 5.32 Å². The molecular weight excluding hydrogens is 312 g/mol. The summed E-state index contributed by atoms with van der Waals surface area (Å²) >= 11 is 1.25. The molecule has 2 rings (SSSR count). The van der Waals surface area contributed by atoms with Crippen molar-refractivity contribution in [1.82, 2.24) is 0 Å². The fourth-order valence-corrected chi connectivity index (χ4v) is 2.72. The van der Waals surface area contributed by atoms with E-state index in [1.165, 1.54) is 18.9 Å². The minimum Gasteiger partial charge on any atom is -0.465 e. The fraction of sp³-hybridized carbons (Fsp3) is 0.118. The number of hydrogen-bond donors (Lipinski definition) is 1. The summed E-state index contributed by atoms with van der Waals surface area (Å²) in [5, 5.41) is 11.6. The molecule has 0 fully saturated rings. The van der Waals surface area contributed by atoms with Crippen molar-refractivity contribution in [3.63, 3.8) is 0 Å². The van der Waals surface area contributed by atoms with Crippen LogP contribution in [0.3, 0.4) is 0 Å². The SMILES string of the molecule is COC(=O)c1ccccc1SCC(=O)Nc1cccc(C#N)c1. The Labute approximate surface area is 138 Å². The molecule has 0 spiro atoms. The van der Waals surface area contributed by atoms with Gasteiger partial charge in [0, 0.05) is 10.6 Å². The molecule has 0 unspecified atom stereocenters. The van der Waals surface area contributed by atoms with Crippen molar-refractivity contribution < 1.29 is 14.3 Å². The van der Waals surface area contributed by atoms with Crippen molar-refractivity contribution in [2.24, 2.45) is 0 Å². The van der Waals surface area contributed by atoms with Gasteiger partial charge in [-0.3, -0.25) is 4.79 Å². The van der Waals surface area contributed by atoms with Crippen LogP contribution in [-0.2, 0) is 9.53 Å². The van der Waals surface area contributed by atoms with Gasteiger partial charge in [-0.15, -0.1) is 11.8 Å². The van der Waals surface area contributed by atoms with Crippen LogP contribution in [-0.4, -0.2) is 24.7 Å². The Morgan fingerprint density at radius 2 is 2.00 bits per heavy atom. The molecule has 0 saturated carbocycles. The van der Waals surface area contributed by atoms with E-state index in [0.717, 1.165) is 0 Å². The van der Waals surface area contributed by atoms with E-state index >= 15 is 0 Å². The molecule has 0 radical (unpaired) electrons. The van der Waals surface area contributed by atoms with Crippen LogP contribution in [0, 0.1) is 11.3 Å². The van der Waals surface area contributed by atoms with Crippen molar-refractivity contribution in [2.75, 3.05) is 18.2 Å². The van der Waals surface area contributed by atoms with Crippen LogP contribution in [0.5, 0.6) is 0 Å². The minimum atomic E-state index is -0.435. The third-order valence-corrected chi connectivity index (χ3v) is 4.00. The van der Waals surface area contributed by atoms with Gasteiger partial charge in [-0.05, 0) is 30.3 Å². The number of benzene rings is 2. The van der Waals surface area contributed by atoms with Gasteiger partial charge in [-0.2, -0.15) is 5.26 Å². The van der Waals surface area contributed by atoms with Gasteiger partial charge in [-0.1, -0.05) is 18.2 Å². The number of nitrogens with one attached hydrogen (secondary N) is 1. The molecule has 23 heavy (non-hydrogen) atoms. The average Bonchev–Trinajstić information content (AvgIpc) is 2.59. The predicted octanol–water partition coefficient (Wildman–Crippen LogP) is 3.08. The van der Waals surface area contributed by atoms with Crippen LogP contribution in [0.25, 0.3) is 0 Å². The Hall–Kier alpha value is -2.78. The van der Waals surface area contributed by atoms with Gasteiger partial charge in [-0.25, -0.2) is 4.79 Å². The number of methoxy groups -OCH3 is 1. The number of anilines is 1. The lowest BCUT2D eigenvalue weighted by atomic mass is 10.2. The monoisotopic (exact) mass is 326 g/mol. The molecule has 0 aliphatic carbocycles. The van der Waals surface area contributed by atoms with E-state index in [0.29, 0.717) is 21.7 Å². The van der Waals surface area contributed by atoms with Gasteiger partial charge in [0.1, 0.15) is 0 Å². The predicted molar refractivity (Wildman–Crippen MR) is 88.3 cm³/mol. The lowest BCUT2D eigenvalue weighted by Crippen LogP contribution is -2.14. The molecule has 1 N–H and O–H groups in total. The van der Waals surface area contributed by atoms with E-state index in [4.69, 9.17) is 10.00 Å². The van der Waals surface area contributed by atoms with Crippen LogP contribution in [0.2, 0.25) is 0 Å². The number of rotatable bonds is 5. The maximum Gasteiger partial charge on any atom is 0.338 e. The van der Waals surface area contributed by atoms with Crippen LogP contribution in [0.15, 0.2) is 53.4 Å². The standard InChI is InChI=1S/C17H14N2O3S/c1-22-17(21)14-7-2-3-8-15(14)23-11-16(20)19-13-6-4-5-12(9-13)10-18/h2-9H,11H2,1H3,(H,19,20). The zero-order valence-electron chi connectivity index (χ0n) is 12.4. The van der Waals surface area contributed by atoms with Crippen molar-refractivity contribution in [2.45, 2.75) is 4.90 Å². The first kappa shape index (κ1) is 16.6. The first-order valence-electron chi connectivity index (χ1n) is 6.74. The van der Waals surface area contributed by atoms with Gasteiger partial charge in [0.2, 0.25) is 5.91 Å². The summed E-state index contributed by atoms with van der Waals surface area (Å²) in [6.45, 7) is 0. The minimum absolute atomic E-state index is 0.144. The Bertz CT molecular complexity index is 768. The lowest BCUT2D eigenvalue weighted by Gasteiger charge is -2.08. The molecule has 2 aromatic rings. The summed E-state index contributed by atoms with van der Waals surface area (Å²) in [6, 6.07) is 15.7. The third kappa shape index (κ3) is 4.59. The molecule has 0 aromatic heterocycles. The second-order valence-electron chi connectivity index (χ2n) is 4.52. The average molecular weight is 326 g/mol. The molecule has 1 amide bonds. The Morgan fingerprint density at radius 1 is 1.22 bits per heavy atom. The summed E-state index contributed by atoms with van der Waals surface area (Å²) < 4.78 is 4.72. The van der Waals surface area contributed by atoms with E-state index in [2.05, 4.69) is 5.32 Å². The Morgan fingerprint density at radius 3 is 2.74 bits per heavy atom. The number of ether oxygens (including phenoxy) is 1. The Balaban J connectivity index is 2.00. The van der Waals surface area contributed by atoms with Crippen molar-refractivity contribution in [3.05, 3.63) is 59.7 Å². The van der Waals surface area contributed by atoms with Crippen molar-refractivity contribution in [3.8, 4) is 6.07 Å². The molecule has 2 aromatic carbocycles. The van der Waals surface area contributed by atoms with E-state index in [1.807, 2.05) is 6.07 Å². The maximum absolute atomic E-state index is 12.0. The van der Waals surface area contributed by atoms with Crippen molar-refractivity contribution >= 4 is 29.3 Å². The number of hydrogen-bond acceptors (Lipinski definition) is 5. The molecule has 6 heteroatoms. The van der Waals surface area contributed by atoms with Gasteiger partial charge in [0.05, 0.1) is 30.1 Å². The number of carbonyl (C=O) groups excluding carboxylic acids is 2. The van der Waals surface area contributed by atoms with Crippen LogP contribution in [0.4, 0.5) is 5.69 Å². The zero-order chi connectivity index (χ0) is 16.7. The Kier molecular flexibility index (Phi) is 5.78. The highest BCUT2D eigenvalue weighted by Gasteiger charge is 2.13. The number of amides is 1. The quantitative estimate of drug-likeness (QED) is 0.675. The first-order chi connectivity index (χ1) is 11.1. The van der Waals surface area contributed by atoms with Crippen LogP contribution >= 0.6 is 11.8 Å². The number of thioether (sulfide) groups is 1. The molecule has 116 valence electrons. The van der Waals surface area contributed by atoms with Gasteiger partial charge in [0.25, 0.3) is 0 Å². The highest BCUT2D eigenvalue weighted by molar-refractivity contribution is 8.00. The first-order valence-corrected chi connectivity index (χ1v) is 7.72. The molecule has 0 heterocycles. The molecule has 0 aliphatic rings. The molecular formula is C17H14N2O3S. The largest absolute Gasteiger partial charge is 0.465 e. The maximum atomic E-state index is 12.0. The van der Waals surface area contributed by atoms with Gasteiger partial charge in [0.15, 0.2) is 0 Å². The lowest BCUT2D eigenvalue weighted by molar-refractivity contribution is -0.113. The zero-order valence-corrected chi connectivity index (χ0v) is 13.2. The second kappa shape index (κ2) is 8.01. The fourth-order valence-electron chi connectivity index (χ4n) is 1.88. The number of carbonyl (C=O) groups is 2. The molecule has 0 aliphatic heterocycles. The van der Waals surface area contributed by atoms with E-state index < -0.39 is 5.97 Å². The topological polar surface area (TPSA) is 79.2 Å². The normalized spacial score (nSPS) is 9.74. The highest BCUT2D eigenvalue weighted by Crippen LogP contribution is 2.23. The highest BCUT2D eigenvalue weighted by atomic mass is 32.2. The van der Waals surface area contributed by atoms with E-state index in [1.54, 1.807) is 48.5 Å². The summed E-state index contributed by atoms with van der Waals surface area (Å²) in [4.78, 5) is 24.4. The summed E-state index contributed by atoms with van der Waals surface area (Å²) in [5.74, 6) is -0.509. The van der Waals surface area contributed by atoms with E-state index in [-0.39, 0.29) is 11.7 Å². The van der Waals surface area contributed by atoms with Crippen molar-refractivity contribution in [1.29, 1.82) is 5.26 Å². The molecule has 5 nitrogen and oxygen atoms in total. The summed E-state index contributed by atoms with van der Waals surface area (Å²) in [6.07, 6.45) is 0. The number of nitriles is 1. The number of esters is 1. The molecule has 0 saturated heterocycles. The van der Waals surface area contributed by atoms with Gasteiger partial charge >= 0.3 is 5.97 Å². The summed E-state index contributed by atoms with van der Waals surface area (Å²) in [7, 11) is 1.32. The molecule has 0 atom stereocenters. The number of nitrogens with zero attached hydrogens (tertiary/aromatic N) is 1. The summed E-state index contributed by atoms with van der Waals surface area (Å²) in [5.41, 5.74) is 1.47. The second-order valence-corrected chi connectivity index (χ2v) is 5.53. The van der Waals surface area contributed by atoms with Crippen LogP contribution in [0.1, 0.15) is 15.9 Å². The van der Waals surface area contributed by atoms with Gasteiger partial charge < -0.3 is 10.1 Å². The van der Waals surface area contributed by atoms with E-state index in [9.17, 15) is 9.59 Å². The smallest absolute Gasteiger partial charge is 0.338 e. The molecule has 0 bridgehead atoms. The third-order valence-electron chi connectivity index (χ3n) is 2.93.